The average Bonchev–Trinajstić information content (AvgIpc) is 3.35. The van der Waals surface area contributed by atoms with Gasteiger partial charge in [-0.15, -0.1) is 0 Å². The third-order valence-corrected chi connectivity index (χ3v) is 5.89. The van der Waals surface area contributed by atoms with Gasteiger partial charge >= 0.3 is 0 Å². The van der Waals surface area contributed by atoms with E-state index in [1.165, 1.54) is 11.3 Å². The molecule has 1 aliphatic rings. The van der Waals surface area contributed by atoms with Gasteiger partial charge in [-0.05, 0) is 42.7 Å². The Morgan fingerprint density at radius 2 is 2.15 bits per heavy atom. The largest absolute Gasteiger partial charge is 0.497 e. The van der Waals surface area contributed by atoms with Gasteiger partial charge in [0.2, 0.25) is 5.91 Å². The summed E-state index contributed by atoms with van der Waals surface area (Å²) in [6.07, 6.45) is 7.77. The Bertz CT molecular complexity index is 904. The number of amides is 1. The van der Waals surface area contributed by atoms with Crippen LogP contribution in [0.5, 0.6) is 5.75 Å². The van der Waals surface area contributed by atoms with Crippen molar-refractivity contribution in [3.8, 4) is 5.75 Å². The summed E-state index contributed by atoms with van der Waals surface area (Å²) < 4.78 is 6.33. The average molecular weight is 367 g/mol. The number of fused-ring (bicyclic) bond motifs is 1. The number of thiazole rings is 1. The van der Waals surface area contributed by atoms with E-state index in [9.17, 15) is 4.79 Å². The molecule has 4 rings (SSSR count). The molecule has 1 aromatic carbocycles. The number of methoxy groups -OCH3 is 1. The minimum absolute atomic E-state index is 0.105. The van der Waals surface area contributed by atoms with Crippen molar-refractivity contribution in [2.75, 3.05) is 12.0 Å². The van der Waals surface area contributed by atoms with E-state index < -0.39 is 0 Å². The summed E-state index contributed by atoms with van der Waals surface area (Å²) in [6, 6.07) is 9.71. The maximum atomic E-state index is 13.2. The molecule has 0 saturated heterocycles. The van der Waals surface area contributed by atoms with Crippen molar-refractivity contribution in [1.29, 1.82) is 0 Å². The molecule has 5 nitrogen and oxygen atoms in total. The van der Waals surface area contributed by atoms with Crippen molar-refractivity contribution in [2.45, 2.75) is 32.2 Å². The molecule has 26 heavy (non-hydrogen) atoms. The van der Waals surface area contributed by atoms with E-state index in [4.69, 9.17) is 9.72 Å². The molecule has 2 aromatic heterocycles. The number of rotatable bonds is 5. The molecule has 0 aliphatic heterocycles. The number of benzene rings is 1. The van der Waals surface area contributed by atoms with Gasteiger partial charge < -0.3 is 4.74 Å². The van der Waals surface area contributed by atoms with Gasteiger partial charge in [-0.2, -0.15) is 0 Å². The van der Waals surface area contributed by atoms with Crippen LogP contribution in [0.25, 0.3) is 10.2 Å². The van der Waals surface area contributed by atoms with Crippen LogP contribution in [0.4, 0.5) is 5.13 Å². The highest BCUT2D eigenvalue weighted by Crippen LogP contribution is 2.35. The van der Waals surface area contributed by atoms with Gasteiger partial charge in [0, 0.05) is 18.3 Å². The highest BCUT2D eigenvalue weighted by molar-refractivity contribution is 7.22. The lowest BCUT2D eigenvalue weighted by Crippen LogP contribution is -2.34. The molecule has 0 unspecified atom stereocenters. The van der Waals surface area contributed by atoms with E-state index in [0.717, 1.165) is 52.3 Å². The standard InChI is InChI=1S/C20H21N3O2S/c1-25-16-8-9-17-18(11-16)26-20(22-17)23(13-14-5-4-10-21-12-14)19(24)15-6-2-3-7-15/h4-5,8-12,15H,2-3,6-7,13H2,1H3. The maximum Gasteiger partial charge on any atom is 0.232 e. The SMILES string of the molecule is COc1ccc2nc(N(Cc3cccnc3)C(=O)C3CCCC3)sc2c1. The van der Waals surface area contributed by atoms with Crippen LogP contribution >= 0.6 is 11.3 Å². The zero-order chi connectivity index (χ0) is 17.9. The molecular weight excluding hydrogens is 346 g/mol. The lowest BCUT2D eigenvalue weighted by molar-refractivity contribution is -0.122. The minimum atomic E-state index is 0.105. The van der Waals surface area contributed by atoms with Gasteiger partial charge in [-0.1, -0.05) is 30.2 Å². The van der Waals surface area contributed by atoms with Crippen LogP contribution < -0.4 is 9.64 Å². The van der Waals surface area contributed by atoms with Crippen LogP contribution in [0.3, 0.4) is 0 Å². The molecule has 134 valence electrons. The molecular formula is C20H21N3O2S. The number of hydrogen-bond acceptors (Lipinski definition) is 5. The second kappa shape index (κ2) is 7.41. The van der Waals surface area contributed by atoms with Crippen LogP contribution in [0.1, 0.15) is 31.2 Å². The second-order valence-electron chi connectivity index (χ2n) is 6.60. The first-order valence-electron chi connectivity index (χ1n) is 8.89. The molecule has 1 aliphatic carbocycles. The van der Waals surface area contributed by atoms with E-state index in [0.29, 0.717) is 6.54 Å². The molecule has 0 N–H and O–H groups in total. The van der Waals surface area contributed by atoms with Crippen LogP contribution in [0.15, 0.2) is 42.7 Å². The van der Waals surface area contributed by atoms with E-state index in [1.807, 2.05) is 41.4 Å². The Hall–Kier alpha value is -2.47. The number of carbonyl (C=O) groups excluding carboxylic acids is 1. The van der Waals surface area contributed by atoms with Crippen molar-refractivity contribution in [1.82, 2.24) is 9.97 Å². The van der Waals surface area contributed by atoms with Gasteiger partial charge in [0.1, 0.15) is 5.75 Å². The Morgan fingerprint density at radius 3 is 2.88 bits per heavy atom. The summed E-state index contributed by atoms with van der Waals surface area (Å²) >= 11 is 1.53. The quantitative estimate of drug-likeness (QED) is 0.670. The Kier molecular flexibility index (Phi) is 4.84. The lowest BCUT2D eigenvalue weighted by atomic mass is 10.1. The first-order valence-corrected chi connectivity index (χ1v) is 9.71. The number of anilines is 1. The monoisotopic (exact) mass is 367 g/mol. The van der Waals surface area contributed by atoms with Crippen molar-refractivity contribution < 1.29 is 9.53 Å². The van der Waals surface area contributed by atoms with Crippen molar-refractivity contribution in [3.05, 3.63) is 48.3 Å². The molecule has 0 spiro atoms. The number of carbonyl (C=O) groups is 1. The van der Waals surface area contributed by atoms with Gasteiger partial charge in [0.05, 0.1) is 23.9 Å². The predicted molar refractivity (Wildman–Crippen MR) is 104 cm³/mol. The maximum absolute atomic E-state index is 13.2. The molecule has 1 amide bonds. The van der Waals surface area contributed by atoms with Crippen LogP contribution in [0, 0.1) is 5.92 Å². The fourth-order valence-electron chi connectivity index (χ4n) is 3.44. The zero-order valence-electron chi connectivity index (χ0n) is 14.7. The van der Waals surface area contributed by atoms with E-state index in [2.05, 4.69) is 4.98 Å². The highest BCUT2D eigenvalue weighted by Gasteiger charge is 2.30. The van der Waals surface area contributed by atoms with Gasteiger partial charge in [-0.3, -0.25) is 14.7 Å². The van der Waals surface area contributed by atoms with E-state index >= 15 is 0 Å². The fraction of sp³-hybridized carbons (Fsp3) is 0.350. The number of pyridine rings is 1. The highest BCUT2D eigenvalue weighted by atomic mass is 32.1. The first kappa shape index (κ1) is 17.0. The van der Waals surface area contributed by atoms with Crippen molar-refractivity contribution in [3.63, 3.8) is 0 Å². The fourth-order valence-corrected chi connectivity index (χ4v) is 4.44. The van der Waals surface area contributed by atoms with E-state index in [1.54, 1.807) is 13.3 Å². The summed E-state index contributed by atoms with van der Waals surface area (Å²) in [7, 11) is 1.65. The predicted octanol–water partition coefficient (Wildman–Crippen LogP) is 4.42. The van der Waals surface area contributed by atoms with Gasteiger partial charge in [0.15, 0.2) is 5.13 Å². The number of ether oxygens (including phenoxy) is 1. The number of hydrogen-bond donors (Lipinski definition) is 0. The van der Waals surface area contributed by atoms with Crippen LogP contribution in [0.2, 0.25) is 0 Å². The molecule has 1 fully saturated rings. The minimum Gasteiger partial charge on any atom is -0.497 e. The smallest absolute Gasteiger partial charge is 0.232 e. The molecule has 0 atom stereocenters. The summed E-state index contributed by atoms with van der Waals surface area (Å²) in [6.45, 7) is 0.500. The lowest BCUT2D eigenvalue weighted by Gasteiger charge is -2.23. The summed E-state index contributed by atoms with van der Waals surface area (Å²) in [5, 5.41) is 0.744. The summed E-state index contributed by atoms with van der Waals surface area (Å²) in [4.78, 5) is 23.9. The Morgan fingerprint density at radius 1 is 1.31 bits per heavy atom. The molecule has 6 heteroatoms. The topological polar surface area (TPSA) is 55.3 Å². The molecule has 2 heterocycles. The Balaban J connectivity index is 1.70. The van der Waals surface area contributed by atoms with E-state index in [-0.39, 0.29) is 11.8 Å². The molecule has 0 bridgehead atoms. The molecule has 3 aromatic rings. The van der Waals surface area contributed by atoms with Gasteiger partial charge in [0.25, 0.3) is 0 Å². The molecule has 1 saturated carbocycles. The number of aromatic nitrogens is 2. The zero-order valence-corrected chi connectivity index (χ0v) is 15.5. The third kappa shape index (κ3) is 3.42. The summed E-state index contributed by atoms with van der Waals surface area (Å²) in [5.41, 5.74) is 1.90. The molecule has 0 radical (unpaired) electrons. The van der Waals surface area contributed by atoms with Gasteiger partial charge in [-0.25, -0.2) is 4.98 Å². The normalized spacial score (nSPS) is 14.7. The second-order valence-corrected chi connectivity index (χ2v) is 7.61. The first-order chi connectivity index (χ1) is 12.7. The van der Waals surface area contributed by atoms with Crippen molar-refractivity contribution >= 4 is 32.6 Å². The van der Waals surface area contributed by atoms with Crippen LogP contribution in [-0.4, -0.2) is 23.0 Å². The van der Waals surface area contributed by atoms with Crippen LogP contribution in [-0.2, 0) is 11.3 Å². The number of nitrogens with zero attached hydrogens (tertiary/aromatic N) is 3. The third-order valence-electron chi connectivity index (χ3n) is 4.85. The summed E-state index contributed by atoms with van der Waals surface area (Å²) in [5.74, 6) is 1.08. The van der Waals surface area contributed by atoms with Crippen molar-refractivity contribution in [2.24, 2.45) is 5.92 Å². The Labute approximate surface area is 156 Å².